The Morgan fingerprint density at radius 1 is 1.62 bits per heavy atom. The number of hydrogen-bond acceptors (Lipinski definition) is 2. The molecule has 0 atom stereocenters. The summed E-state index contributed by atoms with van der Waals surface area (Å²) in [4.78, 5) is 12.8. The van der Waals surface area contributed by atoms with E-state index in [1.807, 2.05) is 22.6 Å². The van der Waals surface area contributed by atoms with E-state index < -0.39 is 0 Å². The zero-order valence-corrected chi connectivity index (χ0v) is 10.1. The highest BCUT2D eigenvalue weighted by Gasteiger charge is 2.10. The molecule has 0 aromatic rings. The SMILES string of the molecule is CCCCN(CC#CI)C(=O)OC. The molecule has 0 N–H and O–H groups in total. The summed E-state index contributed by atoms with van der Waals surface area (Å²) in [6, 6.07) is 0. The van der Waals surface area contributed by atoms with E-state index >= 15 is 0 Å². The van der Waals surface area contributed by atoms with Gasteiger partial charge < -0.3 is 4.74 Å². The Morgan fingerprint density at radius 3 is 2.77 bits per heavy atom. The highest BCUT2D eigenvalue weighted by molar-refractivity contribution is 14.1. The largest absolute Gasteiger partial charge is 0.453 e. The van der Waals surface area contributed by atoms with Gasteiger partial charge >= 0.3 is 6.09 Å². The first-order valence-electron chi connectivity index (χ1n) is 4.17. The van der Waals surface area contributed by atoms with E-state index in [1.165, 1.54) is 7.11 Å². The fourth-order valence-corrected chi connectivity index (χ4v) is 1.01. The predicted octanol–water partition coefficient (Wildman–Crippen LogP) is 2.25. The number of ether oxygens (including phenoxy) is 1. The zero-order valence-electron chi connectivity index (χ0n) is 7.97. The molecule has 0 radical (unpaired) electrons. The van der Waals surface area contributed by atoms with Gasteiger partial charge in [0.25, 0.3) is 0 Å². The van der Waals surface area contributed by atoms with Gasteiger partial charge in [0, 0.05) is 29.1 Å². The van der Waals surface area contributed by atoms with E-state index in [2.05, 4.69) is 21.5 Å². The molecule has 0 aromatic carbocycles. The van der Waals surface area contributed by atoms with Crippen molar-refractivity contribution in [1.29, 1.82) is 0 Å². The Labute approximate surface area is 93.0 Å². The van der Waals surface area contributed by atoms with Crippen LogP contribution < -0.4 is 0 Å². The van der Waals surface area contributed by atoms with Crippen LogP contribution in [-0.4, -0.2) is 31.2 Å². The second kappa shape index (κ2) is 8.17. The van der Waals surface area contributed by atoms with E-state index in [0.29, 0.717) is 13.1 Å². The molecule has 0 spiro atoms. The van der Waals surface area contributed by atoms with Gasteiger partial charge in [-0.15, -0.1) is 0 Å². The fourth-order valence-electron chi connectivity index (χ4n) is 0.838. The lowest BCUT2D eigenvalue weighted by Crippen LogP contribution is -2.32. The molecule has 0 aliphatic carbocycles. The molecular weight excluding hydrogens is 281 g/mol. The summed E-state index contributed by atoms with van der Waals surface area (Å²) in [6.45, 7) is 3.25. The maximum atomic E-state index is 11.2. The number of amides is 1. The molecule has 1 amide bonds. The van der Waals surface area contributed by atoms with Gasteiger partial charge in [-0.3, -0.25) is 4.90 Å². The van der Waals surface area contributed by atoms with E-state index in [0.717, 1.165) is 12.8 Å². The minimum atomic E-state index is -0.299. The molecule has 0 fully saturated rings. The third-order valence-electron chi connectivity index (χ3n) is 1.55. The topological polar surface area (TPSA) is 29.5 Å². The molecule has 0 saturated heterocycles. The van der Waals surface area contributed by atoms with E-state index in [4.69, 9.17) is 0 Å². The monoisotopic (exact) mass is 295 g/mol. The van der Waals surface area contributed by atoms with Gasteiger partial charge in [-0.1, -0.05) is 19.3 Å². The summed E-state index contributed by atoms with van der Waals surface area (Å²) < 4.78 is 7.35. The van der Waals surface area contributed by atoms with E-state index in [1.54, 1.807) is 4.90 Å². The maximum Gasteiger partial charge on any atom is 0.410 e. The van der Waals surface area contributed by atoms with Crippen molar-refractivity contribution in [3.05, 3.63) is 0 Å². The first-order valence-corrected chi connectivity index (χ1v) is 5.25. The number of hydrogen-bond donors (Lipinski definition) is 0. The minimum Gasteiger partial charge on any atom is -0.453 e. The number of methoxy groups -OCH3 is 1. The molecule has 0 unspecified atom stereocenters. The number of unbranched alkanes of at least 4 members (excludes halogenated alkanes) is 1. The first kappa shape index (κ1) is 12.6. The molecule has 0 aliphatic rings. The van der Waals surface area contributed by atoms with Crippen molar-refractivity contribution in [3.63, 3.8) is 0 Å². The van der Waals surface area contributed by atoms with Crippen molar-refractivity contribution in [1.82, 2.24) is 4.90 Å². The van der Waals surface area contributed by atoms with Crippen molar-refractivity contribution in [2.45, 2.75) is 19.8 Å². The molecule has 0 heterocycles. The van der Waals surface area contributed by atoms with Gasteiger partial charge in [0.05, 0.1) is 13.7 Å². The number of halogens is 1. The molecule has 0 rings (SSSR count). The van der Waals surface area contributed by atoms with Crippen LogP contribution in [-0.2, 0) is 4.74 Å². The van der Waals surface area contributed by atoms with E-state index in [9.17, 15) is 4.79 Å². The molecule has 0 saturated carbocycles. The minimum absolute atomic E-state index is 0.299. The Hall–Kier alpha value is -0.440. The fraction of sp³-hybridized carbons (Fsp3) is 0.667. The van der Waals surface area contributed by atoms with Crippen molar-refractivity contribution < 1.29 is 9.53 Å². The van der Waals surface area contributed by atoms with Crippen LogP contribution in [0.5, 0.6) is 0 Å². The van der Waals surface area contributed by atoms with Crippen LogP contribution in [0.25, 0.3) is 0 Å². The second-order valence-electron chi connectivity index (χ2n) is 2.52. The van der Waals surface area contributed by atoms with Crippen LogP contribution >= 0.6 is 22.6 Å². The first-order chi connectivity index (χ1) is 6.26. The van der Waals surface area contributed by atoms with E-state index in [-0.39, 0.29) is 6.09 Å². The lowest BCUT2D eigenvalue weighted by Gasteiger charge is -2.17. The van der Waals surface area contributed by atoms with Crippen LogP contribution in [0.3, 0.4) is 0 Å². The summed E-state index contributed by atoms with van der Waals surface area (Å²) in [5.74, 6) is 2.83. The Bertz CT molecular complexity index is 207. The van der Waals surface area contributed by atoms with Gasteiger partial charge in [0.2, 0.25) is 0 Å². The van der Waals surface area contributed by atoms with Crippen LogP contribution in [0.4, 0.5) is 4.79 Å². The smallest absolute Gasteiger partial charge is 0.410 e. The van der Waals surface area contributed by atoms with Crippen LogP contribution in [0.1, 0.15) is 19.8 Å². The average Bonchev–Trinajstić information content (AvgIpc) is 2.17. The van der Waals surface area contributed by atoms with Crippen molar-refractivity contribution in [2.24, 2.45) is 0 Å². The Morgan fingerprint density at radius 2 is 2.31 bits per heavy atom. The van der Waals surface area contributed by atoms with Crippen molar-refractivity contribution in [2.75, 3.05) is 20.2 Å². The highest BCUT2D eigenvalue weighted by Crippen LogP contribution is 1.97. The molecule has 3 nitrogen and oxygen atoms in total. The Balaban J connectivity index is 3.99. The number of rotatable bonds is 4. The zero-order chi connectivity index (χ0) is 10.1. The summed E-state index contributed by atoms with van der Waals surface area (Å²) in [5.41, 5.74) is 0. The summed E-state index contributed by atoms with van der Waals surface area (Å²) in [7, 11) is 1.39. The lowest BCUT2D eigenvalue weighted by molar-refractivity contribution is 0.128. The number of carbonyl (C=O) groups is 1. The van der Waals surface area contributed by atoms with Crippen LogP contribution in [0, 0.1) is 9.85 Å². The Kier molecular flexibility index (Phi) is 7.90. The highest BCUT2D eigenvalue weighted by atomic mass is 127. The summed E-state index contributed by atoms with van der Waals surface area (Å²) in [5, 5.41) is 0. The average molecular weight is 295 g/mol. The molecule has 74 valence electrons. The summed E-state index contributed by atoms with van der Waals surface area (Å²) >= 11 is 1.95. The standard InChI is InChI=1S/C9H14INO2/c1-3-4-7-11(8-5-6-10)9(12)13-2/h3-4,7-8H2,1-2H3. The number of nitrogens with zero attached hydrogens (tertiary/aromatic N) is 1. The molecule has 0 bridgehead atoms. The second-order valence-corrected chi connectivity index (χ2v) is 3.06. The van der Waals surface area contributed by atoms with Crippen molar-refractivity contribution >= 4 is 28.7 Å². The van der Waals surface area contributed by atoms with Gasteiger partial charge in [-0.25, -0.2) is 4.79 Å². The molecule has 0 aliphatic heterocycles. The molecule has 0 aromatic heterocycles. The van der Waals surface area contributed by atoms with Crippen LogP contribution in [0.2, 0.25) is 0 Å². The maximum absolute atomic E-state index is 11.2. The molecule has 13 heavy (non-hydrogen) atoms. The number of carbonyl (C=O) groups excluding carboxylic acids is 1. The van der Waals surface area contributed by atoms with Crippen molar-refractivity contribution in [3.8, 4) is 9.85 Å². The lowest BCUT2D eigenvalue weighted by atomic mass is 10.3. The predicted molar refractivity (Wildman–Crippen MR) is 60.7 cm³/mol. The molecule has 4 heteroatoms. The third kappa shape index (κ3) is 5.75. The summed E-state index contributed by atoms with van der Waals surface area (Å²) in [6.07, 6.45) is 1.75. The van der Waals surface area contributed by atoms with Crippen LogP contribution in [0.15, 0.2) is 0 Å². The normalized spacial score (nSPS) is 8.54. The van der Waals surface area contributed by atoms with Gasteiger partial charge in [-0.05, 0) is 10.3 Å². The van der Waals surface area contributed by atoms with Gasteiger partial charge in [0.1, 0.15) is 0 Å². The van der Waals surface area contributed by atoms with Gasteiger partial charge in [-0.2, -0.15) is 0 Å². The van der Waals surface area contributed by atoms with Gasteiger partial charge in [0.15, 0.2) is 0 Å². The third-order valence-corrected chi connectivity index (χ3v) is 1.93. The molecular formula is C9H14INO2. The quantitative estimate of drug-likeness (QED) is 0.588.